The molecule has 1 rings (SSSR count). The summed E-state index contributed by atoms with van der Waals surface area (Å²) >= 11 is 0. The number of rotatable bonds is 3. The van der Waals surface area contributed by atoms with Crippen LogP contribution >= 0.6 is 0 Å². The number of carbonyl (C=O) groups is 2. The van der Waals surface area contributed by atoms with Crippen LogP contribution in [0, 0.1) is 11.6 Å². The van der Waals surface area contributed by atoms with Gasteiger partial charge < -0.3 is 4.74 Å². The van der Waals surface area contributed by atoms with E-state index in [1.807, 2.05) is 0 Å². The van der Waals surface area contributed by atoms with E-state index in [1.165, 1.54) is 0 Å². The highest BCUT2D eigenvalue weighted by Crippen LogP contribution is 2.08. The molecule has 0 aliphatic heterocycles. The van der Waals surface area contributed by atoms with E-state index in [2.05, 4.69) is 4.74 Å². The summed E-state index contributed by atoms with van der Waals surface area (Å²) in [5.74, 6) is -2.97. The van der Waals surface area contributed by atoms with Crippen molar-refractivity contribution in [3.05, 3.63) is 35.4 Å². The zero-order chi connectivity index (χ0) is 11.4. The third kappa shape index (κ3) is 3.46. The molecule has 1 aromatic carbocycles. The van der Waals surface area contributed by atoms with Crippen LogP contribution in [0.3, 0.4) is 0 Å². The summed E-state index contributed by atoms with van der Waals surface area (Å²) in [6.45, 7) is 0.623. The van der Waals surface area contributed by atoms with Crippen LogP contribution in [-0.2, 0) is 9.53 Å². The van der Waals surface area contributed by atoms with Crippen LogP contribution in [-0.4, -0.2) is 18.4 Å². The molecule has 0 aliphatic carbocycles. The zero-order valence-electron chi connectivity index (χ0n) is 7.92. The molecule has 0 N–H and O–H groups in total. The van der Waals surface area contributed by atoms with Crippen molar-refractivity contribution in [1.82, 2.24) is 0 Å². The standard InChI is InChI=1S/C10H8F2O3/c1-6(13)15-5-10(14)7-2-8(11)4-9(12)3-7/h2-4H,5H2,1H3. The van der Waals surface area contributed by atoms with Gasteiger partial charge in [0.15, 0.2) is 6.61 Å². The number of Topliss-reactive ketones (excluding diaryl/α,β-unsaturated/α-hetero) is 1. The van der Waals surface area contributed by atoms with E-state index in [0.717, 1.165) is 19.1 Å². The van der Waals surface area contributed by atoms with Crippen LogP contribution in [0.1, 0.15) is 17.3 Å². The first-order valence-corrected chi connectivity index (χ1v) is 4.11. The molecule has 0 radical (unpaired) electrons. The Morgan fingerprint density at radius 1 is 1.20 bits per heavy atom. The minimum Gasteiger partial charge on any atom is -0.457 e. The van der Waals surface area contributed by atoms with Gasteiger partial charge in [-0.25, -0.2) is 8.78 Å². The first kappa shape index (κ1) is 11.3. The topological polar surface area (TPSA) is 43.4 Å². The van der Waals surface area contributed by atoms with Gasteiger partial charge in [-0.2, -0.15) is 0 Å². The van der Waals surface area contributed by atoms with Crippen molar-refractivity contribution < 1.29 is 23.1 Å². The van der Waals surface area contributed by atoms with Crippen LogP contribution < -0.4 is 0 Å². The molecule has 0 unspecified atom stereocenters. The molecule has 0 bridgehead atoms. The molecule has 0 spiro atoms. The second kappa shape index (κ2) is 4.63. The first-order valence-electron chi connectivity index (χ1n) is 4.11. The fraction of sp³-hybridized carbons (Fsp3) is 0.200. The Kier molecular flexibility index (Phi) is 3.49. The molecular weight excluding hydrogens is 206 g/mol. The lowest BCUT2D eigenvalue weighted by molar-refractivity contribution is -0.139. The average molecular weight is 214 g/mol. The molecule has 0 amide bonds. The van der Waals surface area contributed by atoms with Gasteiger partial charge in [-0.05, 0) is 12.1 Å². The van der Waals surface area contributed by atoms with E-state index in [9.17, 15) is 18.4 Å². The van der Waals surface area contributed by atoms with Crippen LogP contribution in [0.5, 0.6) is 0 Å². The maximum Gasteiger partial charge on any atom is 0.303 e. The molecule has 0 aromatic heterocycles. The van der Waals surface area contributed by atoms with Crippen molar-refractivity contribution in [3.63, 3.8) is 0 Å². The Bertz CT molecular complexity index is 381. The van der Waals surface area contributed by atoms with Gasteiger partial charge in [0.1, 0.15) is 11.6 Å². The molecule has 0 saturated carbocycles. The predicted molar refractivity (Wildman–Crippen MR) is 47.3 cm³/mol. The number of ether oxygens (including phenoxy) is 1. The maximum atomic E-state index is 12.7. The predicted octanol–water partition coefficient (Wildman–Crippen LogP) is 1.71. The summed E-state index contributed by atoms with van der Waals surface area (Å²) in [6, 6.07) is 2.42. The summed E-state index contributed by atoms with van der Waals surface area (Å²) < 4.78 is 29.8. The van der Waals surface area contributed by atoms with Crippen molar-refractivity contribution >= 4 is 11.8 Å². The van der Waals surface area contributed by atoms with Gasteiger partial charge in [0.25, 0.3) is 0 Å². The SMILES string of the molecule is CC(=O)OCC(=O)c1cc(F)cc(F)c1. The second-order valence-corrected chi connectivity index (χ2v) is 2.86. The largest absolute Gasteiger partial charge is 0.457 e. The minimum atomic E-state index is -0.846. The van der Waals surface area contributed by atoms with E-state index < -0.39 is 30.0 Å². The molecule has 0 aliphatic rings. The van der Waals surface area contributed by atoms with Gasteiger partial charge in [-0.1, -0.05) is 0 Å². The number of esters is 1. The fourth-order valence-corrected chi connectivity index (χ4v) is 0.965. The number of benzene rings is 1. The zero-order valence-corrected chi connectivity index (χ0v) is 7.92. The molecule has 80 valence electrons. The lowest BCUT2D eigenvalue weighted by Gasteiger charge is -2.01. The molecule has 15 heavy (non-hydrogen) atoms. The molecule has 0 fully saturated rings. The highest BCUT2D eigenvalue weighted by Gasteiger charge is 2.10. The molecule has 1 aromatic rings. The van der Waals surface area contributed by atoms with Crippen LogP contribution in [0.2, 0.25) is 0 Å². The van der Waals surface area contributed by atoms with E-state index in [0.29, 0.717) is 6.07 Å². The van der Waals surface area contributed by atoms with Crippen molar-refractivity contribution in [2.45, 2.75) is 6.92 Å². The maximum absolute atomic E-state index is 12.7. The van der Waals surface area contributed by atoms with Gasteiger partial charge in [0.05, 0.1) is 0 Å². The minimum absolute atomic E-state index is 0.159. The van der Waals surface area contributed by atoms with E-state index in [-0.39, 0.29) is 5.56 Å². The van der Waals surface area contributed by atoms with Gasteiger partial charge in [-0.15, -0.1) is 0 Å². The number of hydrogen-bond acceptors (Lipinski definition) is 3. The van der Waals surface area contributed by atoms with Crippen molar-refractivity contribution in [2.75, 3.05) is 6.61 Å². The lowest BCUT2D eigenvalue weighted by Crippen LogP contribution is -2.12. The summed E-state index contributed by atoms with van der Waals surface area (Å²) in [7, 11) is 0. The lowest BCUT2D eigenvalue weighted by atomic mass is 10.1. The van der Waals surface area contributed by atoms with Crippen molar-refractivity contribution in [1.29, 1.82) is 0 Å². The van der Waals surface area contributed by atoms with E-state index in [1.54, 1.807) is 0 Å². The molecule has 0 heterocycles. The summed E-state index contributed by atoms with van der Waals surface area (Å²) in [6.07, 6.45) is 0. The van der Waals surface area contributed by atoms with Crippen LogP contribution in [0.15, 0.2) is 18.2 Å². The third-order valence-electron chi connectivity index (χ3n) is 1.59. The quantitative estimate of drug-likeness (QED) is 0.568. The Labute approximate surface area is 84.7 Å². The molecule has 5 heteroatoms. The van der Waals surface area contributed by atoms with E-state index >= 15 is 0 Å². The summed E-state index contributed by atoms with van der Waals surface area (Å²) in [5.41, 5.74) is -0.159. The first-order chi connectivity index (χ1) is 6.99. The molecule has 3 nitrogen and oxygen atoms in total. The Balaban J connectivity index is 2.77. The van der Waals surface area contributed by atoms with E-state index in [4.69, 9.17) is 0 Å². The Morgan fingerprint density at radius 2 is 1.73 bits per heavy atom. The van der Waals surface area contributed by atoms with Crippen LogP contribution in [0.25, 0.3) is 0 Å². The molecule has 0 saturated heterocycles. The van der Waals surface area contributed by atoms with Crippen LogP contribution in [0.4, 0.5) is 8.78 Å². The van der Waals surface area contributed by atoms with Gasteiger partial charge >= 0.3 is 5.97 Å². The summed E-state index contributed by atoms with van der Waals surface area (Å²) in [5, 5.41) is 0. The normalized spacial score (nSPS) is 9.80. The third-order valence-corrected chi connectivity index (χ3v) is 1.59. The number of hydrogen-bond donors (Lipinski definition) is 0. The van der Waals surface area contributed by atoms with Crippen molar-refractivity contribution in [3.8, 4) is 0 Å². The highest BCUT2D eigenvalue weighted by atomic mass is 19.1. The second-order valence-electron chi connectivity index (χ2n) is 2.86. The highest BCUT2D eigenvalue weighted by molar-refractivity contribution is 5.97. The van der Waals surface area contributed by atoms with Gasteiger partial charge in [-0.3, -0.25) is 9.59 Å². The Morgan fingerprint density at radius 3 is 2.20 bits per heavy atom. The monoisotopic (exact) mass is 214 g/mol. The number of halogens is 2. The number of ketones is 1. The summed E-state index contributed by atoms with van der Waals surface area (Å²) in [4.78, 5) is 21.6. The van der Waals surface area contributed by atoms with Gasteiger partial charge in [0.2, 0.25) is 5.78 Å². The average Bonchev–Trinajstić information content (AvgIpc) is 2.12. The molecular formula is C10H8F2O3. The Hall–Kier alpha value is -1.78. The fourth-order valence-electron chi connectivity index (χ4n) is 0.965. The van der Waals surface area contributed by atoms with Crippen molar-refractivity contribution in [2.24, 2.45) is 0 Å². The molecule has 0 atom stereocenters. The number of carbonyl (C=O) groups excluding carboxylic acids is 2. The van der Waals surface area contributed by atoms with Gasteiger partial charge in [0, 0.05) is 18.6 Å². The smallest absolute Gasteiger partial charge is 0.303 e.